The van der Waals surface area contributed by atoms with E-state index in [1.165, 1.54) is 42.7 Å². The molecule has 2 aromatic carbocycles. The van der Waals surface area contributed by atoms with Gasteiger partial charge in [-0.05, 0) is 42.0 Å². The molecule has 5 nitrogen and oxygen atoms in total. The molecule has 0 fully saturated rings. The van der Waals surface area contributed by atoms with Crippen LogP contribution >= 0.6 is 11.6 Å². The molecule has 0 aliphatic carbocycles. The van der Waals surface area contributed by atoms with Gasteiger partial charge < -0.3 is 5.32 Å². The van der Waals surface area contributed by atoms with Crippen LogP contribution in [-0.4, -0.2) is 32.7 Å². The van der Waals surface area contributed by atoms with E-state index in [9.17, 15) is 13.2 Å². The molecule has 0 aromatic heterocycles. The Kier molecular flexibility index (Phi) is 5.41. The number of hydrogen-bond acceptors (Lipinski definition) is 3. The number of nitrogens with one attached hydrogen (secondary N) is 1. The second-order valence-corrected chi connectivity index (χ2v) is 7.48. The summed E-state index contributed by atoms with van der Waals surface area (Å²) in [7, 11) is -0.618. The van der Waals surface area contributed by atoms with Gasteiger partial charge in [0.05, 0.1) is 4.90 Å². The summed E-state index contributed by atoms with van der Waals surface area (Å²) in [6.07, 6.45) is 0. The molecule has 0 unspecified atom stereocenters. The average molecular weight is 353 g/mol. The number of carbonyl (C=O) groups excluding carboxylic acids is 1. The fourth-order valence-electron chi connectivity index (χ4n) is 2.08. The van der Waals surface area contributed by atoms with Gasteiger partial charge in [0.15, 0.2) is 0 Å². The maximum atomic E-state index is 12.6. The fourth-order valence-corrected chi connectivity index (χ4v) is 3.45. The van der Waals surface area contributed by atoms with Crippen LogP contribution in [-0.2, 0) is 16.6 Å². The largest absolute Gasteiger partial charge is 0.355 e. The van der Waals surface area contributed by atoms with Gasteiger partial charge in [-0.15, -0.1) is 0 Å². The van der Waals surface area contributed by atoms with Gasteiger partial charge in [0.1, 0.15) is 0 Å². The Morgan fingerprint density at radius 1 is 1.17 bits per heavy atom. The van der Waals surface area contributed by atoms with Crippen LogP contribution in [0.2, 0.25) is 5.02 Å². The summed E-state index contributed by atoms with van der Waals surface area (Å²) in [5, 5.41) is 3.05. The van der Waals surface area contributed by atoms with E-state index in [2.05, 4.69) is 5.32 Å². The minimum Gasteiger partial charge on any atom is -0.355 e. The van der Waals surface area contributed by atoms with Crippen LogP contribution in [0.25, 0.3) is 0 Å². The van der Waals surface area contributed by atoms with Gasteiger partial charge in [0.25, 0.3) is 5.91 Å². The number of benzene rings is 2. The van der Waals surface area contributed by atoms with Gasteiger partial charge in [0.2, 0.25) is 10.0 Å². The summed E-state index contributed by atoms with van der Waals surface area (Å²) < 4.78 is 26.4. The molecule has 0 bridgehead atoms. The molecule has 0 radical (unpaired) electrons. The number of halogens is 1. The van der Waals surface area contributed by atoms with Gasteiger partial charge in [-0.1, -0.05) is 23.7 Å². The van der Waals surface area contributed by atoms with Crippen molar-refractivity contribution in [3.05, 3.63) is 64.7 Å². The molecule has 122 valence electrons. The summed E-state index contributed by atoms with van der Waals surface area (Å²) in [6, 6.07) is 12.9. The lowest BCUT2D eigenvalue weighted by Crippen LogP contribution is -2.26. The maximum absolute atomic E-state index is 12.6. The summed E-state index contributed by atoms with van der Waals surface area (Å²) >= 11 is 5.91. The number of carbonyl (C=O) groups is 1. The molecule has 7 heteroatoms. The van der Waals surface area contributed by atoms with Crippen molar-refractivity contribution in [2.75, 3.05) is 14.1 Å². The van der Waals surface area contributed by atoms with Crippen LogP contribution in [0, 0.1) is 0 Å². The molecule has 23 heavy (non-hydrogen) atoms. The first-order valence-corrected chi connectivity index (χ1v) is 8.69. The van der Waals surface area contributed by atoms with Crippen LogP contribution in [0.5, 0.6) is 0 Å². The van der Waals surface area contributed by atoms with E-state index >= 15 is 0 Å². The molecule has 0 saturated heterocycles. The van der Waals surface area contributed by atoms with Crippen molar-refractivity contribution in [3.8, 4) is 0 Å². The van der Waals surface area contributed by atoms with Gasteiger partial charge in [-0.3, -0.25) is 4.79 Å². The smallest absolute Gasteiger partial charge is 0.251 e. The van der Waals surface area contributed by atoms with Crippen LogP contribution in [0.1, 0.15) is 15.9 Å². The normalized spacial score (nSPS) is 11.5. The Morgan fingerprint density at radius 2 is 1.83 bits per heavy atom. The predicted octanol–water partition coefficient (Wildman–Crippen LogP) is 2.52. The third kappa shape index (κ3) is 4.10. The van der Waals surface area contributed by atoms with E-state index in [1.807, 2.05) is 6.07 Å². The van der Waals surface area contributed by atoms with Gasteiger partial charge in [0, 0.05) is 31.2 Å². The minimum atomic E-state index is -3.64. The van der Waals surface area contributed by atoms with Crippen LogP contribution in [0.3, 0.4) is 0 Å². The number of nitrogens with zero attached hydrogens (tertiary/aromatic N) is 1. The van der Waals surface area contributed by atoms with Crippen molar-refractivity contribution in [2.24, 2.45) is 0 Å². The van der Waals surface area contributed by atoms with Crippen molar-refractivity contribution in [3.63, 3.8) is 0 Å². The first kappa shape index (κ1) is 17.5. The molecule has 1 N–H and O–H groups in total. The fraction of sp³-hybridized carbons (Fsp3) is 0.188. The Morgan fingerprint density at radius 3 is 2.39 bits per heavy atom. The highest BCUT2D eigenvalue weighted by atomic mass is 35.5. The molecule has 0 aliphatic heterocycles. The Labute approximate surface area is 140 Å². The lowest BCUT2D eigenvalue weighted by molar-refractivity contribution is 0.0963. The monoisotopic (exact) mass is 352 g/mol. The minimum absolute atomic E-state index is 0.134. The van der Waals surface area contributed by atoms with E-state index in [1.54, 1.807) is 18.2 Å². The van der Waals surface area contributed by atoms with Crippen LogP contribution < -0.4 is 5.32 Å². The van der Waals surface area contributed by atoms with Crippen molar-refractivity contribution >= 4 is 27.5 Å². The number of sulfonamides is 1. The van der Waals surface area contributed by atoms with E-state index in [0.29, 0.717) is 10.6 Å². The average Bonchev–Trinajstić information content (AvgIpc) is 2.54. The third-order valence-corrected chi connectivity index (χ3v) is 5.40. The Hall–Kier alpha value is -1.89. The molecule has 0 spiro atoms. The summed E-state index contributed by atoms with van der Waals surface area (Å²) in [5.41, 5.74) is 1.20. The highest BCUT2D eigenvalue weighted by molar-refractivity contribution is 7.89. The van der Waals surface area contributed by atoms with Gasteiger partial charge >= 0.3 is 0 Å². The van der Waals surface area contributed by atoms with Crippen molar-refractivity contribution in [1.82, 2.24) is 9.62 Å². The summed E-state index contributed by atoms with van der Waals surface area (Å²) in [5.74, 6) is -0.263. The third-order valence-electron chi connectivity index (χ3n) is 3.35. The number of amides is 1. The molecule has 1 amide bonds. The van der Waals surface area contributed by atoms with Crippen LogP contribution in [0.15, 0.2) is 53.4 Å². The molecule has 0 aliphatic rings. The lowest BCUT2D eigenvalue weighted by Gasteiger charge is -2.17. The predicted molar refractivity (Wildman–Crippen MR) is 89.9 cm³/mol. The molecule has 2 aromatic rings. The van der Waals surface area contributed by atoms with E-state index in [4.69, 9.17) is 11.6 Å². The topological polar surface area (TPSA) is 66.5 Å². The molecule has 2 rings (SSSR count). The van der Waals surface area contributed by atoms with E-state index in [0.717, 1.165) is 5.56 Å². The lowest BCUT2D eigenvalue weighted by atomic mass is 10.2. The summed E-state index contributed by atoms with van der Waals surface area (Å²) in [6.45, 7) is 0.208. The van der Waals surface area contributed by atoms with E-state index < -0.39 is 10.0 Å². The molecule has 0 heterocycles. The Balaban J connectivity index is 2.21. The van der Waals surface area contributed by atoms with Gasteiger partial charge in [-0.2, -0.15) is 4.31 Å². The quantitative estimate of drug-likeness (QED) is 0.899. The number of rotatable bonds is 5. The first-order valence-electron chi connectivity index (χ1n) is 6.87. The summed E-state index contributed by atoms with van der Waals surface area (Å²) in [4.78, 5) is 11.6. The van der Waals surface area contributed by atoms with Crippen molar-refractivity contribution < 1.29 is 13.2 Å². The molecular weight excluding hydrogens is 336 g/mol. The van der Waals surface area contributed by atoms with E-state index in [-0.39, 0.29) is 17.3 Å². The zero-order chi connectivity index (χ0) is 17.0. The molecule has 0 atom stereocenters. The first-order chi connectivity index (χ1) is 10.8. The molecular formula is C16H17ClN2O3S. The van der Waals surface area contributed by atoms with Gasteiger partial charge in [-0.25, -0.2) is 8.42 Å². The zero-order valence-electron chi connectivity index (χ0n) is 12.8. The highest BCUT2D eigenvalue weighted by Gasteiger charge is 2.21. The standard InChI is InChI=1S/C16H17ClN2O3S/c1-18-16(20)13-6-8-15(9-7-13)23(21,22)19(2)11-12-4-3-5-14(17)10-12/h3-10H,11H2,1-2H3,(H,18,20). The van der Waals surface area contributed by atoms with Crippen molar-refractivity contribution in [1.29, 1.82) is 0 Å². The SMILES string of the molecule is CNC(=O)c1ccc(S(=O)(=O)N(C)Cc2cccc(Cl)c2)cc1. The zero-order valence-corrected chi connectivity index (χ0v) is 14.4. The number of hydrogen-bond donors (Lipinski definition) is 1. The Bertz CT molecular complexity index is 804. The second kappa shape index (κ2) is 7.12. The highest BCUT2D eigenvalue weighted by Crippen LogP contribution is 2.19. The maximum Gasteiger partial charge on any atom is 0.251 e. The second-order valence-electron chi connectivity index (χ2n) is 4.99. The van der Waals surface area contributed by atoms with Crippen molar-refractivity contribution in [2.45, 2.75) is 11.4 Å². The molecule has 0 saturated carbocycles. The van der Waals surface area contributed by atoms with Crippen LogP contribution in [0.4, 0.5) is 0 Å².